The second kappa shape index (κ2) is 9.78. The fourth-order valence-corrected chi connectivity index (χ4v) is 5.91. The molecular formula is C26H32N2O5S. The molecule has 1 N–H and O–H groups in total. The van der Waals surface area contributed by atoms with Crippen LogP contribution in [0.3, 0.4) is 0 Å². The molecule has 1 unspecified atom stereocenters. The molecule has 2 aliphatic rings. The monoisotopic (exact) mass is 484 g/mol. The van der Waals surface area contributed by atoms with Gasteiger partial charge in [-0.15, -0.1) is 11.3 Å². The number of carbonyl (C=O) groups is 3. The van der Waals surface area contributed by atoms with E-state index in [9.17, 15) is 19.5 Å². The van der Waals surface area contributed by atoms with Crippen molar-refractivity contribution >= 4 is 35.0 Å². The van der Waals surface area contributed by atoms with Gasteiger partial charge < -0.3 is 14.7 Å². The largest absolute Gasteiger partial charge is 0.477 e. The Kier molecular flexibility index (Phi) is 6.98. The number of hydrogen-bond acceptors (Lipinski definition) is 5. The Morgan fingerprint density at radius 3 is 2.38 bits per heavy atom. The quantitative estimate of drug-likeness (QED) is 0.606. The van der Waals surface area contributed by atoms with Crippen LogP contribution in [0.15, 0.2) is 36.4 Å². The number of amides is 2. The summed E-state index contributed by atoms with van der Waals surface area (Å²) in [6.45, 7) is 5.61. The lowest BCUT2D eigenvalue weighted by atomic mass is 9.82. The number of benzene rings is 1. The van der Waals surface area contributed by atoms with Crippen LogP contribution in [-0.4, -0.2) is 52.7 Å². The van der Waals surface area contributed by atoms with E-state index in [1.165, 1.54) is 16.2 Å². The number of piperazine rings is 1. The first-order valence-corrected chi connectivity index (χ1v) is 12.7. The van der Waals surface area contributed by atoms with E-state index in [1.54, 1.807) is 25.7 Å². The summed E-state index contributed by atoms with van der Waals surface area (Å²) < 4.78 is 5.55. The van der Waals surface area contributed by atoms with Crippen molar-refractivity contribution < 1.29 is 24.2 Å². The second-order valence-electron chi connectivity index (χ2n) is 10.1. The molecule has 1 aromatic heterocycles. The number of carboxylic acids is 1. The molecule has 0 radical (unpaired) electrons. The minimum atomic E-state index is -1.05. The second-order valence-corrected chi connectivity index (χ2v) is 11.1. The maximum Gasteiger partial charge on any atom is 0.410 e. The van der Waals surface area contributed by atoms with Crippen molar-refractivity contribution in [3.05, 3.63) is 41.3 Å². The number of carbonyl (C=O) groups excluding carboxylic acids is 2. The molecule has 1 aromatic carbocycles. The zero-order chi connectivity index (χ0) is 24.5. The summed E-state index contributed by atoms with van der Waals surface area (Å²) in [5, 5.41) is 10.00. The molecule has 34 heavy (non-hydrogen) atoms. The Bertz CT molecular complexity index is 1050. The lowest BCUT2D eigenvalue weighted by Gasteiger charge is -2.45. The van der Waals surface area contributed by atoms with Gasteiger partial charge in [0, 0.05) is 11.4 Å². The molecule has 0 spiro atoms. The molecule has 1 atom stereocenters. The summed E-state index contributed by atoms with van der Waals surface area (Å²) in [7, 11) is 0. The van der Waals surface area contributed by atoms with E-state index in [0.29, 0.717) is 12.2 Å². The molecule has 4 rings (SSSR count). The minimum absolute atomic E-state index is 0.131. The van der Waals surface area contributed by atoms with Crippen LogP contribution < -0.4 is 4.90 Å². The highest BCUT2D eigenvalue weighted by molar-refractivity contribution is 7.18. The number of carboxylic acid groups (broad SMARTS) is 1. The Hall–Kier alpha value is -2.87. The lowest BCUT2D eigenvalue weighted by Crippen LogP contribution is -2.61. The van der Waals surface area contributed by atoms with E-state index in [1.807, 2.05) is 36.4 Å². The number of nitrogens with zero attached hydrogens (tertiary/aromatic N) is 2. The van der Waals surface area contributed by atoms with Gasteiger partial charge >= 0.3 is 12.1 Å². The topological polar surface area (TPSA) is 87.2 Å². The number of aromatic carboxylic acids is 1. The molecule has 7 nitrogen and oxygen atoms in total. The van der Waals surface area contributed by atoms with Crippen LogP contribution in [0.25, 0.3) is 10.4 Å². The molecule has 182 valence electrons. The number of hydrogen-bond donors (Lipinski definition) is 1. The van der Waals surface area contributed by atoms with Crippen LogP contribution in [0, 0.1) is 5.92 Å². The fraction of sp³-hybridized carbons (Fsp3) is 0.500. The van der Waals surface area contributed by atoms with Gasteiger partial charge in [-0.3, -0.25) is 9.69 Å². The Labute approximate surface area is 204 Å². The molecule has 1 aliphatic heterocycles. The predicted octanol–water partition coefficient (Wildman–Crippen LogP) is 5.65. The van der Waals surface area contributed by atoms with Gasteiger partial charge in [-0.1, -0.05) is 49.6 Å². The first-order chi connectivity index (χ1) is 16.1. The molecule has 2 amide bonds. The van der Waals surface area contributed by atoms with Crippen molar-refractivity contribution in [3.63, 3.8) is 0 Å². The molecule has 2 aromatic rings. The smallest absolute Gasteiger partial charge is 0.410 e. The molecule has 1 aliphatic carbocycles. The van der Waals surface area contributed by atoms with Gasteiger partial charge in [0.05, 0.1) is 11.7 Å². The van der Waals surface area contributed by atoms with E-state index in [2.05, 4.69) is 0 Å². The normalized spacial score (nSPS) is 19.9. The summed E-state index contributed by atoms with van der Waals surface area (Å²) in [5.74, 6) is -1.12. The van der Waals surface area contributed by atoms with Crippen molar-refractivity contribution in [2.45, 2.75) is 64.5 Å². The predicted molar refractivity (Wildman–Crippen MR) is 132 cm³/mol. The van der Waals surface area contributed by atoms with Gasteiger partial charge in [0.1, 0.15) is 17.0 Å². The number of anilines is 1. The van der Waals surface area contributed by atoms with Gasteiger partial charge in [-0.05, 0) is 51.2 Å². The van der Waals surface area contributed by atoms with Crippen LogP contribution in [0.4, 0.5) is 10.5 Å². The molecule has 0 bridgehead atoms. The third kappa shape index (κ3) is 5.27. The zero-order valence-corrected chi connectivity index (χ0v) is 20.8. The molecule has 1 saturated carbocycles. The van der Waals surface area contributed by atoms with Crippen LogP contribution in [0.5, 0.6) is 0 Å². The summed E-state index contributed by atoms with van der Waals surface area (Å²) in [6.07, 6.45) is 4.70. The van der Waals surface area contributed by atoms with Crippen LogP contribution >= 0.6 is 11.3 Å². The average Bonchev–Trinajstić information content (AvgIpc) is 3.24. The van der Waals surface area contributed by atoms with Crippen molar-refractivity contribution in [3.8, 4) is 10.4 Å². The first-order valence-electron chi connectivity index (χ1n) is 11.9. The van der Waals surface area contributed by atoms with E-state index in [4.69, 9.17) is 4.74 Å². The number of thiophene rings is 1. The maximum atomic E-state index is 13.5. The molecular weight excluding hydrogens is 452 g/mol. The summed E-state index contributed by atoms with van der Waals surface area (Å²) in [4.78, 5) is 42.7. The fourth-order valence-electron chi connectivity index (χ4n) is 4.91. The molecule has 2 heterocycles. The number of ether oxygens (including phenoxy) is 1. The van der Waals surface area contributed by atoms with Gasteiger partial charge in [-0.2, -0.15) is 0 Å². The van der Waals surface area contributed by atoms with Crippen molar-refractivity contribution in [2.75, 3.05) is 18.0 Å². The van der Waals surface area contributed by atoms with Crippen molar-refractivity contribution in [1.29, 1.82) is 0 Å². The lowest BCUT2D eigenvalue weighted by molar-refractivity contribution is -0.123. The van der Waals surface area contributed by atoms with Crippen LogP contribution in [-0.2, 0) is 9.53 Å². The van der Waals surface area contributed by atoms with E-state index in [0.717, 1.165) is 42.5 Å². The average molecular weight is 485 g/mol. The third-order valence-electron chi connectivity index (χ3n) is 6.40. The van der Waals surface area contributed by atoms with Gasteiger partial charge in [0.25, 0.3) is 0 Å². The van der Waals surface area contributed by atoms with Gasteiger partial charge in [0.2, 0.25) is 5.91 Å². The summed E-state index contributed by atoms with van der Waals surface area (Å²) in [6, 6.07) is 11.1. The Balaban J connectivity index is 1.72. The van der Waals surface area contributed by atoms with Crippen LogP contribution in [0.2, 0.25) is 0 Å². The highest BCUT2D eigenvalue weighted by Gasteiger charge is 2.43. The van der Waals surface area contributed by atoms with Gasteiger partial charge in [0.15, 0.2) is 0 Å². The first kappa shape index (κ1) is 24.3. The highest BCUT2D eigenvalue weighted by Crippen LogP contribution is 2.41. The highest BCUT2D eigenvalue weighted by atomic mass is 32.1. The Morgan fingerprint density at radius 1 is 1.09 bits per heavy atom. The van der Waals surface area contributed by atoms with E-state index in [-0.39, 0.29) is 29.3 Å². The molecule has 1 saturated heterocycles. The SMILES string of the molecule is CC(C)(C)OC(=O)N1CC(=O)N(c2cc(-c3ccccc3)sc2C(=O)O)C(C2CCCCC2)C1. The van der Waals surface area contributed by atoms with Crippen LogP contribution in [0.1, 0.15) is 62.5 Å². The standard InChI is InChI=1S/C26H32N2O5S/c1-26(2,3)33-25(32)27-15-20(17-10-6-4-7-11-17)28(22(29)16-27)19-14-21(34-23(19)24(30)31)18-12-8-5-9-13-18/h5,8-9,12-14,17,20H,4,6-7,10-11,15-16H2,1-3H3,(H,30,31). The minimum Gasteiger partial charge on any atom is -0.477 e. The van der Waals surface area contributed by atoms with E-state index < -0.39 is 17.7 Å². The molecule has 8 heteroatoms. The molecule has 2 fully saturated rings. The zero-order valence-electron chi connectivity index (χ0n) is 20.0. The maximum absolute atomic E-state index is 13.5. The van der Waals surface area contributed by atoms with E-state index >= 15 is 0 Å². The van der Waals surface area contributed by atoms with Crippen molar-refractivity contribution in [1.82, 2.24) is 4.90 Å². The third-order valence-corrected chi connectivity index (χ3v) is 7.57. The Morgan fingerprint density at radius 2 is 1.76 bits per heavy atom. The summed E-state index contributed by atoms with van der Waals surface area (Å²) >= 11 is 1.18. The summed E-state index contributed by atoms with van der Waals surface area (Å²) in [5.41, 5.74) is 0.683. The van der Waals surface area contributed by atoms with Crippen molar-refractivity contribution in [2.24, 2.45) is 5.92 Å². The van der Waals surface area contributed by atoms with Gasteiger partial charge in [-0.25, -0.2) is 9.59 Å². The number of rotatable bonds is 4.